The van der Waals surface area contributed by atoms with Gasteiger partial charge in [-0.2, -0.15) is 8.78 Å². The minimum atomic E-state index is -2.49. The molecule has 1 fully saturated rings. The van der Waals surface area contributed by atoms with Crippen molar-refractivity contribution in [1.82, 2.24) is 5.32 Å². The molecule has 1 heterocycles. The third-order valence-electron chi connectivity index (χ3n) is 2.97. The number of halogens is 3. The second kappa shape index (κ2) is 8.44. The molecule has 1 aliphatic heterocycles. The number of amides is 1. The Morgan fingerprint density at radius 1 is 1.45 bits per heavy atom. The molecule has 1 aromatic carbocycles. The fraction of sp³-hybridized carbons (Fsp3) is 0.462. The van der Waals surface area contributed by atoms with Gasteiger partial charge in [-0.15, -0.1) is 12.4 Å². The molecule has 1 saturated heterocycles. The van der Waals surface area contributed by atoms with Crippen molar-refractivity contribution in [3.63, 3.8) is 0 Å². The standard InChI is InChI=1S/C13H16F2N2OS.ClH/c14-13(15)19-11-6-2-1-5-10(11)17-12(18)8-9-4-3-7-16-9;/h1-2,5-6,9,13,16H,3-4,7-8H2,(H,17,18);1H. The molecule has 0 aromatic heterocycles. The van der Waals surface area contributed by atoms with Crippen LogP contribution >= 0.6 is 24.2 Å². The number of alkyl halides is 2. The second-order valence-corrected chi connectivity index (χ2v) is 5.45. The van der Waals surface area contributed by atoms with Gasteiger partial charge < -0.3 is 10.6 Å². The van der Waals surface area contributed by atoms with Gasteiger partial charge in [0.1, 0.15) is 0 Å². The number of hydrogen-bond acceptors (Lipinski definition) is 3. The molecule has 0 radical (unpaired) electrons. The van der Waals surface area contributed by atoms with E-state index in [0.29, 0.717) is 28.8 Å². The van der Waals surface area contributed by atoms with E-state index in [9.17, 15) is 13.6 Å². The van der Waals surface area contributed by atoms with Crippen LogP contribution < -0.4 is 10.6 Å². The van der Waals surface area contributed by atoms with Crippen LogP contribution in [-0.4, -0.2) is 24.3 Å². The van der Waals surface area contributed by atoms with Gasteiger partial charge >= 0.3 is 0 Å². The van der Waals surface area contributed by atoms with E-state index in [1.807, 2.05) is 0 Å². The van der Waals surface area contributed by atoms with Crippen molar-refractivity contribution >= 4 is 35.8 Å². The maximum absolute atomic E-state index is 12.4. The quantitative estimate of drug-likeness (QED) is 0.815. The van der Waals surface area contributed by atoms with Gasteiger partial charge in [-0.1, -0.05) is 23.9 Å². The number of anilines is 1. The number of thioether (sulfide) groups is 1. The van der Waals surface area contributed by atoms with Crippen LogP contribution in [0.2, 0.25) is 0 Å². The van der Waals surface area contributed by atoms with Crippen LogP contribution in [0.3, 0.4) is 0 Å². The first-order valence-electron chi connectivity index (χ1n) is 6.22. The van der Waals surface area contributed by atoms with Gasteiger partial charge in [0.2, 0.25) is 5.91 Å². The van der Waals surface area contributed by atoms with Crippen LogP contribution in [0.4, 0.5) is 14.5 Å². The monoisotopic (exact) mass is 322 g/mol. The maximum atomic E-state index is 12.4. The molecule has 1 unspecified atom stereocenters. The lowest BCUT2D eigenvalue weighted by Crippen LogP contribution is -2.27. The molecule has 0 aliphatic carbocycles. The molecule has 112 valence electrons. The Labute approximate surface area is 127 Å². The van der Waals surface area contributed by atoms with Crippen molar-refractivity contribution in [3.05, 3.63) is 24.3 Å². The minimum Gasteiger partial charge on any atom is -0.325 e. The summed E-state index contributed by atoms with van der Waals surface area (Å²) < 4.78 is 24.8. The first-order valence-corrected chi connectivity index (χ1v) is 7.10. The molecule has 1 aliphatic rings. The Balaban J connectivity index is 0.00000200. The van der Waals surface area contributed by atoms with Gasteiger partial charge in [0, 0.05) is 17.4 Å². The zero-order valence-corrected chi connectivity index (χ0v) is 12.4. The van der Waals surface area contributed by atoms with Gasteiger partial charge in [0.05, 0.1) is 5.69 Å². The summed E-state index contributed by atoms with van der Waals surface area (Å²) in [6.07, 6.45) is 2.45. The fourth-order valence-electron chi connectivity index (χ4n) is 2.12. The smallest absolute Gasteiger partial charge is 0.288 e. The summed E-state index contributed by atoms with van der Waals surface area (Å²) in [7, 11) is 0. The predicted molar refractivity (Wildman–Crippen MR) is 79.8 cm³/mol. The minimum absolute atomic E-state index is 0. The number of nitrogens with one attached hydrogen (secondary N) is 2. The fourth-order valence-corrected chi connectivity index (χ4v) is 2.72. The molecule has 1 amide bonds. The van der Waals surface area contributed by atoms with E-state index in [0.717, 1.165) is 19.4 Å². The molecular weight excluding hydrogens is 306 g/mol. The van der Waals surface area contributed by atoms with Crippen molar-refractivity contribution in [2.24, 2.45) is 0 Å². The van der Waals surface area contributed by atoms with E-state index in [4.69, 9.17) is 0 Å². The molecule has 1 atom stereocenters. The molecule has 0 spiro atoms. The Kier molecular flexibility index (Phi) is 7.26. The lowest BCUT2D eigenvalue weighted by molar-refractivity contribution is -0.116. The van der Waals surface area contributed by atoms with Crippen molar-refractivity contribution in [2.75, 3.05) is 11.9 Å². The number of carbonyl (C=O) groups is 1. The number of rotatable bonds is 5. The summed E-state index contributed by atoms with van der Waals surface area (Å²) in [5.74, 6) is -2.63. The van der Waals surface area contributed by atoms with Crippen molar-refractivity contribution in [3.8, 4) is 0 Å². The lowest BCUT2D eigenvalue weighted by atomic mass is 10.1. The van der Waals surface area contributed by atoms with Crippen molar-refractivity contribution in [1.29, 1.82) is 0 Å². The molecule has 2 N–H and O–H groups in total. The van der Waals surface area contributed by atoms with Crippen LogP contribution in [-0.2, 0) is 4.79 Å². The zero-order valence-electron chi connectivity index (χ0n) is 10.8. The van der Waals surface area contributed by atoms with Gasteiger partial charge in [-0.3, -0.25) is 4.79 Å². The van der Waals surface area contributed by atoms with Crippen LogP contribution in [0, 0.1) is 0 Å². The van der Waals surface area contributed by atoms with Crippen LogP contribution in [0.5, 0.6) is 0 Å². The Hall–Kier alpha value is -0.850. The first kappa shape index (κ1) is 17.2. The second-order valence-electron chi connectivity index (χ2n) is 4.42. The van der Waals surface area contributed by atoms with E-state index in [1.54, 1.807) is 24.3 Å². The Morgan fingerprint density at radius 2 is 2.20 bits per heavy atom. The molecule has 2 rings (SSSR count). The number of para-hydroxylation sites is 1. The summed E-state index contributed by atoms with van der Waals surface area (Å²) >= 11 is 0.446. The molecule has 0 bridgehead atoms. The predicted octanol–water partition coefficient (Wildman–Crippen LogP) is 3.50. The zero-order chi connectivity index (χ0) is 13.7. The first-order chi connectivity index (χ1) is 9.15. The highest BCUT2D eigenvalue weighted by atomic mass is 35.5. The maximum Gasteiger partial charge on any atom is 0.288 e. The SMILES string of the molecule is Cl.O=C(CC1CCCN1)Nc1ccccc1SC(F)F. The van der Waals surface area contributed by atoms with Gasteiger partial charge in [0.15, 0.2) is 0 Å². The van der Waals surface area contributed by atoms with E-state index in [-0.39, 0.29) is 24.4 Å². The van der Waals surface area contributed by atoms with E-state index in [2.05, 4.69) is 10.6 Å². The van der Waals surface area contributed by atoms with Crippen molar-refractivity contribution < 1.29 is 13.6 Å². The summed E-state index contributed by atoms with van der Waals surface area (Å²) in [6, 6.07) is 6.83. The van der Waals surface area contributed by atoms with E-state index >= 15 is 0 Å². The number of benzene rings is 1. The lowest BCUT2D eigenvalue weighted by Gasteiger charge is -2.13. The normalized spacial score (nSPS) is 17.9. The van der Waals surface area contributed by atoms with Gasteiger partial charge in [-0.25, -0.2) is 0 Å². The summed E-state index contributed by atoms with van der Waals surface area (Å²) in [6.45, 7) is 0.940. The van der Waals surface area contributed by atoms with Crippen LogP contribution in [0.1, 0.15) is 19.3 Å². The Bertz CT molecular complexity index is 442. The highest BCUT2D eigenvalue weighted by Crippen LogP contribution is 2.31. The molecule has 3 nitrogen and oxygen atoms in total. The van der Waals surface area contributed by atoms with Crippen LogP contribution in [0.25, 0.3) is 0 Å². The molecule has 20 heavy (non-hydrogen) atoms. The van der Waals surface area contributed by atoms with Gasteiger partial charge in [0.25, 0.3) is 5.76 Å². The Morgan fingerprint density at radius 3 is 2.85 bits per heavy atom. The average molecular weight is 323 g/mol. The third kappa shape index (κ3) is 5.26. The highest BCUT2D eigenvalue weighted by molar-refractivity contribution is 7.99. The topological polar surface area (TPSA) is 41.1 Å². The summed E-state index contributed by atoms with van der Waals surface area (Å²) in [4.78, 5) is 12.3. The molecular formula is C13H17ClF2N2OS. The van der Waals surface area contributed by atoms with E-state index in [1.165, 1.54) is 0 Å². The molecule has 7 heteroatoms. The number of carbonyl (C=O) groups excluding carboxylic acids is 1. The summed E-state index contributed by atoms with van der Waals surface area (Å²) in [5, 5.41) is 5.94. The van der Waals surface area contributed by atoms with Crippen LogP contribution in [0.15, 0.2) is 29.2 Å². The average Bonchev–Trinajstić information content (AvgIpc) is 2.83. The third-order valence-corrected chi connectivity index (χ3v) is 3.76. The van der Waals surface area contributed by atoms with E-state index < -0.39 is 5.76 Å². The molecule has 0 saturated carbocycles. The van der Waals surface area contributed by atoms with Gasteiger partial charge in [-0.05, 0) is 31.5 Å². The largest absolute Gasteiger partial charge is 0.325 e. The van der Waals surface area contributed by atoms with Crippen molar-refractivity contribution in [2.45, 2.75) is 36.0 Å². The highest BCUT2D eigenvalue weighted by Gasteiger charge is 2.18. The number of hydrogen-bond donors (Lipinski definition) is 2. The molecule has 1 aromatic rings. The summed E-state index contributed by atoms with van der Waals surface area (Å²) in [5.41, 5.74) is 0.454.